The number of piperidine rings is 1. The number of rotatable bonds is 0. The lowest BCUT2D eigenvalue weighted by molar-refractivity contribution is 0.159. The summed E-state index contributed by atoms with van der Waals surface area (Å²) in [6, 6.07) is -0.00370. The maximum absolute atomic E-state index is 11.2. The fourth-order valence-electron chi connectivity index (χ4n) is 1.82. The molecule has 3 unspecified atom stereocenters. The van der Waals surface area contributed by atoms with Gasteiger partial charge >= 0.3 is 6.03 Å². The Kier molecular flexibility index (Phi) is 2.00. The van der Waals surface area contributed by atoms with E-state index in [2.05, 4.69) is 33.7 Å². The average Bonchev–Trinajstić information content (AvgIpc) is 2.33. The first-order valence-electron chi connectivity index (χ1n) is 4.14. The van der Waals surface area contributed by atoms with Crippen molar-refractivity contribution in [3.63, 3.8) is 0 Å². The second-order valence-corrected chi connectivity index (χ2v) is 4.70. The third-order valence-corrected chi connectivity index (χ3v) is 3.28. The second-order valence-electron chi connectivity index (χ2n) is 3.53. The van der Waals surface area contributed by atoms with E-state index in [1.807, 2.05) is 4.90 Å². The number of halogens is 1. The molecule has 2 aliphatic rings. The number of nitrogens with one attached hydrogen (secondary N) is 2. The summed E-state index contributed by atoms with van der Waals surface area (Å²) >= 11 is 3.57. The molecule has 0 aromatic heterocycles. The third kappa shape index (κ3) is 1.21. The maximum Gasteiger partial charge on any atom is 0.333 e. The van der Waals surface area contributed by atoms with E-state index in [0.29, 0.717) is 10.7 Å². The summed E-state index contributed by atoms with van der Waals surface area (Å²) in [4.78, 5) is 13.4. The van der Waals surface area contributed by atoms with E-state index in [4.69, 9.17) is 0 Å². The zero-order chi connectivity index (χ0) is 8.72. The van der Waals surface area contributed by atoms with Gasteiger partial charge in [-0.25, -0.2) is 10.2 Å². The number of hydrazine groups is 1. The van der Waals surface area contributed by atoms with Gasteiger partial charge < -0.3 is 4.90 Å². The van der Waals surface area contributed by atoms with E-state index in [1.165, 1.54) is 0 Å². The zero-order valence-electron chi connectivity index (χ0n) is 6.88. The zero-order valence-corrected chi connectivity index (χ0v) is 8.47. The van der Waals surface area contributed by atoms with Crippen molar-refractivity contribution in [1.29, 1.82) is 0 Å². The van der Waals surface area contributed by atoms with Crippen LogP contribution in [0.3, 0.4) is 0 Å². The van der Waals surface area contributed by atoms with Gasteiger partial charge in [0.1, 0.15) is 6.17 Å². The normalized spacial score (nSPS) is 41.0. The quantitative estimate of drug-likeness (QED) is 0.604. The van der Waals surface area contributed by atoms with Crippen molar-refractivity contribution in [3.05, 3.63) is 0 Å². The summed E-state index contributed by atoms with van der Waals surface area (Å²) in [7, 11) is 0. The topological polar surface area (TPSA) is 44.4 Å². The van der Waals surface area contributed by atoms with Crippen LogP contribution >= 0.6 is 15.9 Å². The van der Waals surface area contributed by atoms with E-state index < -0.39 is 0 Å². The Morgan fingerprint density at radius 1 is 1.67 bits per heavy atom. The summed E-state index contributed by atoms with van der Waals surface area (Å²) in [5.74, 6) is 0.580. The van der Waals surface area contributed by atoms with E-state index in [9.17, 15) is 4.79 Å². The van der Waals surface area contributed by atoms with Crippen molar-refractivity contribution in [1.82, 2.24) is 15.8 Å². The minimum Gasteiger partial charge on any atom is -0.305 e. The molecule has 0 aromatic carbocycles. The average molecular weight is 234 g/mol. The van der Waals surface area contributed by atoms with Crippen LogP contribution in [0.1, 0.15) is 13.3 Å². The molecule has 4 nitrogen and oxygen atoms in total. The Bertz CT molecular complexity index is 211. The monoisotopic (exact) mass is 233 g/mol. The molecule has 0 saturated carbocycles. The van der Waals surface area contributed by atoms with E-state index in [-0.39, 0.29) is 12.2 Å². The molecule has 2 heterocycles. The molecule has 12 heavy (non-hydrogen) atoms. The number of fused-ring (bicyclic) bond motifs is 1. The molecule has 0 aliphatic carbocycles. The summed E-state index contributed by atoms with van der Waals surface area (Å²) in [6.07, 6.45) is 1.25. The van der Waals surface area contributed by atoms with E-state index in [1.54, 1.807) is 0 Å². The smallest absolute Gasteiger partial charge is 0.305 e. The summed E-state index contributed by atoms with van der Waals surface area (Å²) in [5, 5.41) is 0. The number of carbonyl (C=O) groups excluding carboxylic acids is 1. The summed E-state index contributed by atoms with van der Waals surface area (Å²) in [6.45, 7) is 3.02. The van der Waals surface area contributed by atoms with Crippen molar-refractivity contribution in [2.45, 2.75) is 24.3 Å². The lowest BCUT2D eigenvalue weighted by Crippen LogP contribution is -2.50. The number of hydrogen-bond donors (Lipinski definition) is 2. The fraction of sp³-hybridized carbons (Fsp3) is 0.857. The number of urea groups is 1. The molecule has 0 radical (unpaired) electrons. The first kappa shape index (κ1) is 8.31. The highest BCUT2D eigenvalue weighted by atomic mass is 79.9. The predicted molar refractivity (Wildman–Crippen MR) is 48.7 cm³/mol. The molecule has 68 valence electrons. The van der Waals surface area contributed by atoms with Crippen LogP contribution in [0, 0.1) is 5.92 Å². The molecule has 0 spiro atoms. The molecule has 2 N–H and O–H groups in total. The molecule has 0 bridgehead atoms. The highest BCUT2D eigenvalue weighted by Gasteiger charge is 2.40. The van der Waals surface area contributed by atoms with Crippen LogP contribution in [0.5, 0.6) is 0 Å². The molecule has 2 rings (SSSR count). The first-order valence-corrected chi connectivity index (χ1v) is 5.06. The minimum atomic E-state index is -0.00370. The van der Waals surface area contributed by atoms with Crippen LogP contribution in [0.25, 0.3) is 0 Å². The van der Waals surface area contributed by atoms with Crippen molar-refractivity contribution in [2.24, 2.45) is 5.92 Å². The van der Waals surface area contributed by atoms with E-state index >= 15 is 0 Å². The number of carbonyl (C=O) groups is 1. The molecule has 5 heteroatoms. The fourth-order valence-corrected chi connectivity index (χ4v) is 2.87. The second kappa shape index (κ2) is 2.88. The molecular formula is C7H12BrN3O. The molecular weight excluding hydrogens is 222 g/mol. The lowest BCUT2D eigenvalue weighted by Gasteiger charge is -2.35. The first-order chi connectivity index (χ1) is 5.68. The Morgan fingerprint density at radius 3 is 3.17 bits per heavy atom. The van der Waals surface area contributed by atoms with Crippen LogP contribution < -0.4 is 10.9 Å². The SMILES string of the molecule is CC1CC(Br)C2NNC(=O)N2C1. The van der Waals surface area contributed by atoms with Crippen LogP contribution in [0.15, 0.2) is 0 Å². The number of amides is 2. The molecule has 2 fully saturated rings. The summed E-state index contributed by atoms with van der Waals surface area (Å²) in [5.41, 5.74) is 5.58. The van der Waals surface area contributed by atoms with Crippen LogP contribution in [0.2, 0.25) is 0 Å². The molecule has 2 saturated heterocycles. The maximum atomic E-state index is 11.2. The number of hydrogen-bond acceptors (Lipinski definition) is 2. The highest BCUT2D eigenvalue weighted by Crippen LogP contribution is 2.27. The Hall–Kier alpha value is -0.290. The number of alkyl halides is 1. The van der Waals surface area contributed by atoms with Crippen molar-refractivity contribution >= 4 is 22.0 Å². The third-order valence-electron chi connectivity index (χ3n) is 2.40. The van der Waals surface area contributed by atoms with Crippen molar-refractivity contribution in [2.75, 3.05) is 6.54 Å². The standard InChI is InChI=1S/C7H12BrN3O/c1-4-2-5(8)6-9-10-7(12)11(6)3-4/h4-6,9H,2-3H2,1H3,(H,10,12). The summed E-state index contributed by atoms with van der Waals surface area (Å²) < 4.78 is 0. The molecule has 2 amide bonds. The Balaban J connectivity index is 2.14. The highest BCUT2D eigenvalue weighted by molar-refractivity contribution is 9.09. The van der Waals surface area contributed by atoms with Gasteiger partial charge in [-0.2, -0.15) is 0 Å². The largest absolute Gasteiger partial charge is 0.333 e. The van der Waals surface area contributed by atoms with Gasteiger partial charge in [-0.3, -0.25) is 5.43 Å². The van der Waals surface area contributed by atoms with Gasteiger partial charge in [0.15, 0.2) is 0 Å². The lowest BCUT2D eigenvalue weighted by atomic mass is 9.99. The minimum absolute atomic E-state index is 0.00370. The van der Waals surface area contributed by atoms with Gasteiger partial charge in [0.05, 0.1) is 4.83 Å². The van der Waals surface area contributed by atoms with Crippen LogP contribution in [-0.2, 0) is 0 Å². The molecule has 0 aromatic rings. The van der Waals surface area contributed by atoms with Crippen molar-refractivity contribution in [3.8, 4) is 0 Å². The van der Waals surface area contributed by atoms with Gasteiger partial charge in [-0.15, -0.1) is 0 Å². The van der Waals surface area contributed by atoms with Gasteiger partial charge in [0.25, 0.3) is 0 Å². The number of nitrogens with zero attached hydrogens (tertiary/aromatic N) is 1. The van der Waals surface area contributed by atoms with Gasteiger partial charge in [0.2, 0.25) is 0 Å². The van der Waals surface area contributed by atoms with Gasteiger partial charge in [-0.1, -0.05) is 22.9 Å². The van der Waals surface area contributed by atoms with E-state index in [0.717, 1.165) is 13.0 Å². The van der Waals surface area contributed by atoms with Gasteiger partial charge in [-0.05, 0) is 12.3 Å². The Labute approximate surface area is 79.8 Å². The van der Waals surface area contributed by atoms with Crippen LogP contribution in [-0.4, -0.2) is 28.5 Å². The predicted octanol–water partition coefficient (Wildman–Crippen LogP) is 0.646. The van der Waals surface area contributed by atoms with Gasteiger partial charge in [0, 0.05) is 6.54 Å². The molecule has 3 atom stereocenters. The van der Waals surface area contributed by atoms with Crippen LogP contribution in [0.4, 0.5) is 4.79 Å². The Morgan fingerprint density at radius 2 is 2.42 bits per heavy atom. The molecule has 2 aliphatic heterocycles. The van der Waals surface area contributed by atoms with Crippen molar-refractivity contribution < 1.29 is 4.79 Å².